The zero-order valence-electron chi connectivity index (χ0n) is 26.2. The Hall–Kier alpha value is -6.18. The van der Waals surface area contributed by atoms with Crippen LogP contribution in [-0.4, -0.2) is 4.57 Å². The molecular formula is C47H29N. The smallest absolute Gasteiger partial charge is 0.0725 e. The maximum atomic E-state index is 2.49. The van der Waals surface area contributed by atoms with Crippen molar-refractivity contribution >= 4 is 32.6 Å². The van der Waals surface area contributed by atoms with Crippen LogP contribution in [-0.2, 0) is 5.41 Å². The first-order chi connectivity index (χ1) is 23.8. The molecule has 0 saturated heterocycles. The zero-order chi connectivity index (χ0) is 31.4. The van der Waals surface area contributed by atoms with Crippen molar-refractivity contribution in [1.29, 1.82) is 0 Å². The lowest BCUT2D eigenvalue weighted by atomic mass is 9.70. The van der Waals surface area contributed by atoms with Crippen molar-refractivity contribution < 1.29 is 0 Å². The second-order valence-electron chi connectivity index (χ2n) is 13.2. The van der Waals surface area contributed by atoms with Gasteiger partial charge in [-0.25, -0.2) is 0 Å². The second kappa shape index (κ2) is 9.44. The standard InChI is InChI=1S/C47H29N/c1-2-13-33(14-3-1)48-44-21-11-8-17-37(44)39-28-31(24-27-45(39)48)32-22-25-36-35-16-6-9-19-40(35)47(43(36)29-32)41-20-10-7-18-38(41)46-34-15-5-4-12-30(34)23-26-42(46)47/h1-29H. The fourth-order valence-electron chi connectivity index (χ4n) is 9.09. The van der Waals surface area contributed by atoms with Crippen molar-refractivity contribution in [3.8, 4) is 39.1 Å². The highest BCUT2D eigenvalue weighted by atomic mass is 15.0. The molecule has 1 heteroatoms. The van der Waals surface area contributed by atoms with Gasteiger partial charge in [-0.1, -0.05) is 140 Å². The van der Waals surface area contributed by atoms with Gasteiger partial charge in [-0.2, -0.15) is 0 Å². The van der Waals surface area contributed by atoms with Crippen LogP contribution in [0.1, 0.15) is 22.3 Å². The third-order valence-corrected chi connectivity index (χ3v) is 11.0. The first-order valence-corrected chi connectivity index (χ1v) is 16.8. The molecule has 1 unspecified atom stereocenters. The number of hydrogen-bond donors (Lipinski definition) is 0. The molecule has 0 amide bonds. The van der Waals surface area contributed by atoms with Crippen LogP contribution in [0.4, 0.5) is 0 Å². The van der Waals surface area contributed by atoms with Crippen LogP contribution >= 0.6 is 0 Å². The highest BCUT2D eigenvalue weighted by molar-refractivity contribution is 6.11. The molecule has 2 aliphatic carbocycles. The average Bonchev–Trinajstić information content (AvgIpc) is 3.76. The molecule has 0 aliphatic heterocycles. The third-order valence-electron chi connectivity index (χ3n) is 11.0. The number of nitrogens with zero attached hydrogens (tertiary/aromatic N) is 1. The van der Waals surface area contributed by atoms with Gasteiger partial charge < -0.3 is 4.57 Å². The summed E-state index contributed by atoms with van der Waals surface area (Å²) in [5.74, 6) is 0. The molecule has 11 rings (SSSR count). The summed E-state index contributed by atoms with van der Waals surface area (Å²) in [7, 11) is 0. The minimum Gasteiger partial charge on any atom is -0.309 e. The molecule has 0 N–H and O–H groups in total. The highest BCUT2D eigenvalue weighted by Gasteiger charge is 2.52. The summed E-state index contributed by atoms with van der Waals surface area (Å²) < 4.78 is 2.39. The van der Waals surface area contributed by atoms with E-state index in [4.69, 9.17) is 0 Å². The molecule has 0 saturated carbocycles. The number of para-hydroxylation sites is 2. The van der Waals surface area contributed by atoms with Crippen molar-refractivity contribution in [2.24, 2.45) is 0 Å². The lowest BCUT2D eigenvalue weighted by molar-refractivity contribution is 0.795. The molecule has 0 radical (unpaired) electrons. The van der Waals surface area contributed by atoms with E-state index in [2.05, 4.69) is 180 Å². The van der Waals surface area contributed by atoms with Gasteiger partial charge in [-0.15, -0.1) is 0 Å². The molecule has 0 bridgehead atoms. The van der Waals surface area contributed by atoms with Crippen LogP contribution in [0.3, 0.4) is 0 Å². The lowest BCUT2D eigenvalue weighted by Crippen LogP contribution is -2.25. The van der Waals surface area contributed by atoms with Crippen LogP contribution in [0.25, 0.3) is 71.6 Å². The van der Waals surface area contributed by atoms with E-state index in [1.807, 2.05) is 0 Å². The predicted octanol–water partition coefficient (Wildman–Crippen LogP) is 11.9. The largest absolute Gasteiger partial charge is 0.309 e. The van der Waals surface area contributed by atoms with Gasteiger partial charge >= 0.3 is 0 Å². The van der Waals surface area contributed by atoms with E-state index >= 15 is 0 Å². The van der Waals surface area contributed by atoms with Gasteiger partial charge in [0, 0.05) is 16.5 Å². The Morgan fingerprint density at radius 1 is 0.354 bits per heavy atom. The summed E-state index contributed by atoms with van der Waals surface area (Å²) in [6.45, 7) is 0. The van der Waals surface area contributed by atoms with Crippen molar-refractivity contribution in [1.82, 2.24) is 4.57 Å². The van der Waals surface area contributed by atoms with Gasteiger partial charge in [0.1, 0.15) is 0 Å². The Morgan fingerprint density at radius 3 is 1.85 bits per heavy atom. The Morgan fingerprint density at radius 2 is 0.979 bits per heavy atom. The zero-order valence-corrected chi connectivity index (χ0v) is 26.2. The topological polar surface area (TPSA) is 4.93 Å². The van der Waals surface area contributed by atoms with E-state index in [0.717, 1.165) is 0 Å². The summed E-state index contributed by atoms with van der Waals surface area (Å²) in [6, 6.07) is 65.5. The van der Waals surface area contributed by atoms with E-state index in [0.29, 0.717) is 0 Å². The highest BCUT2D eigenvalue weighted by Crippen LogP contribution is 2.64. The Bertz CT molecular complexity index is 2780. The fraction of sp³-hybridized carbons (Fsp3) is 0.0213. The summed E-state index contributed by atoms with van der Waals surface area (Å²) in [6.07, 6.45) is 0. The Kier molecular flexibility index (Phi) is 5.10. The fourth-order valence-corrected chi connectivity index (χ4v) is 9.09. The van der Waals surface area contributed by atoms with Gasteiger partial charge in [0.2, 0.25) is 0 Å². The average molecular weight is 608 g/mol. The van der Waals surface area contributed by atoms with Crippen molar-refractivity contribution in [2.75, 3.05) is 0 Å². The molecule has 1 nitrogen and oxygen atoms in total. The van der Waals surface area contributed by atoms with E-state index in [9.17, 15) is 0 Å². The molecule has 2 aliphatic rings. The third kappa shape index (κ3) is 3.21. The molecule has 0 fully saturated rings. The summed E-state index contributed by atoms with van der Waals surface area (Å²) >= 11 is 0. The SMILES string of the molecule is c1ccc(-n2c3ccccc3c3cc(-c4ccc5c(c4)C4(c6ccccc6-5)c5ccccc5-c5c4ccc4ccccc54)ccc32)cc1. The molecule has 9 aromatic rings. The van der Waals surface area contributed by atoms with Crippen LogP contribution in [0.5, 0.6) is 0 Å². The minimum absolute atomic E-state index is 0.384. The molecular weight excluding hydrogens is 579 g/mol. The molecule has 1 atom stereocenters. The first-order valence-electron chi connectivity index (χ1n) is 16.8. The van der Waals surface area contributed by atoms with Gasteiger partial charge in [0.25, 0.3) is 0 Å². The van der Waals surface area contributed by atoms with Gasteiger partial charge in [0.15, 0.2) is 0 Å². The van der Waals surface area contributed by atoms with Crippen molar-refractivity contribution in [3.05, 3.63) is 198 Å². The monoisotopic (exact) mass is 607 g/mol. The quantitative estimate of drug-likeness (QED) is 0.184. The van der Waals surface area contributed by atoms with Crippen molar-refractivity contribution in [3.63, 3.8) is 0 Å². The van der Waals surface area contributed by atoms with Crippen LogP contribution < -0.4 is 0 Å². The number of benzene rings is 8. The second-order valence-corrected chi connectivity index (χ2v) is 13.2. The molecule has 8 aromatic carbocycles. The number of rotatable bonds is 2. The maximum Gasteiger partial charge on any atom is 0.0725 e. The van der Waals surface area contributed by atoms with E-state index in [-0.39, 0.29) is 5.41 Å². The number of fused-ring (bicyclic) bond motifs is 15. The molecule has 1 heterocycles. The molecule has 222 valence electrons. The van der Waals surface area contributed by atoms with Gasteiger partial charge in [0.05, 0.1) is 16.4 Å². The summed E-state index contributed by atoms with van der Waals surface area (Å²) in [5, 5.41) is 5.15. The molecule has 48 heavy (non-hydrogen) atoms. The molecule has 1 spiro atoms. The maximum absolute atomic E-state index is 2.49. The van der Waals surface area contributed by atoms with Crippen molar-refractivity contribution in [2.45, 2.75) is 5.41 Å². The van der Waals surface area contributed by atoms with E-state index in [1.54, 1.807) is 0 Å². The minimum atomic E-state index is -0.384. The normalized spacial score (nSPS) is 15.6. The first kappa shape index (κ1) is 25.9. The van der Waals surface area contributed by atoms with Crippen LogP contribution in [0, 0.1) is 0 Å². The number of aromatic nitrogens is 1. The number of hydrogen-bond acceptors (Lipinski definition) is 0. The van der Waals surface area contributed by atoms with E-state index < -0.39 is 0 Å². The van der Waals surface area contributed by atoms with Crippen LogP contribution in [0.2, 0.25) is 0 Å². The Balaban J connectivity index is 1.19. The van der Waals surface area contributed by atoms with Gasteiger partial charge in [-0.3, -0.25) is 0 Å². The predicted molar refractivity (Wildman–Crippen MR) is 200 cm³/mol. The van der Waals surface area contributed by atoms with Gasteiger partial charge in [-0.05, 0) is 103 Å². The van der Waals surface area contributed by atoms with E-state index in [1.165, 1.54) is 93.9 Å². The molecule has 1 aromatic heterocycles. The Labute approximate surface area is 279 Å². The lowest BCUT2D eigenvalue weighted by Gasteiger charge is -2.31. The summed E-state index contributed by atoms with van der Waals surface area (Å²) in [5.41, 5.74) is 16.6. The van der Waals surface area contributed by atoms with Crippen LogP contribution in [0.15, 0.2) is 176 Å². The summed E-state index contributed by atoms with van der Waals surface area (Å²) in [4.78, 5) is 0.